The summed E-state index contributed by atoms with van der Waals surface area (Å²) in [5, 5.41) is 7.34. The number of anilines is 2. The number of halogens is 1. The quantitative estimate of drug-likeness (QED) is 0.0559. The van der Waals surface area contributed by atoms with Crippen LogP contribution in [0.25, 0.3) is 11.1 Å². The minimum absolute atomic E-state index is 0.0136. The summed E-state index contributed by atoms with van der Waals surface area (Å²) in [6.45, 7) is 7.12. The van der Waals surface area contributed by atoms with Gasteiger partial charge in [-0.2, -0.15) is 0 Å². The van der Waals surface area contributed by atoms with Crippen molar-refractivity contribution in [1.82, 2.24) is 19.8 Å². The van der Waals surface area contributed by atoms with Gasteiger partial charge in [0.05, 0.1) is 11.4 Å². The minimum atomic E-state index is -4.13. The molecule has 0 saturated carbocycles. The van der Waals surface area contributed by atoms with Crippen LogP contribution in [0.4, 0.5) is 11.4 Å². The van der Waals surface area contributed by atoms with E-state index in [1.807, 2.05) is 68.4 Å². The van der Waals surface area contributed by atoms with E-state index in [0.717, 1.165) is 85.3 Å². The van der Waals surface area contributed by atoms with Crippen LogP contribution in [0.3, 0.4) is 0 Å². The van der Waals surface area contributed by atoms with E-state index in [1.165, 1.54) is 22.1 Å². The van der Waals surface area contributed by atoms with Crippen LogP contribution < -0.4 is 20.3 Å². The second kappa shape index (κ2) is 21.6. The molecule has 1 fully saturated rings. The van der Waals surface area contributed by atoms with Crippen LogP contribution in [0, 0.1) is 6.92 Å². The van der Waals surface area contributed by atoms with Crippen LogP contribution in [0.2, 0.25) is 5.02 Å². The van der Waals surface area contributed by atoms with Crippen LogP contribution in [0.5, 0.6) is 0 Å². The van der Waals surface area contributed by atoms with Crippen molar-refractivity contribution in [2.75, 3.05) is 69.3 Å². The molecule has 1 aliphatic rings. The first-order chi connectivity index (χ1) is 28.9. The molecule has 5 aromatic carbocycles. The van der Waals surface area contributed by atoms with Gasteiger partial charge in [0.1, 0.15) is 0 Å². The second-order valence-electron chi connectivity index (χ2n) is 15.4. The molecule has 1 heterocycles. The summed E-state index contributed by atoms with van der Waals surface area (Å²) in [7, 11) is -0.392. The number of rotatable bonds is 19. The Morgan fingerprint density at radius 2 is 1.53 bits per heavy atom. The molecule has 60 heavy (non-hydrogen) atoms. The number of benzene rings is 5. The van der Waals surface area contributed by atoms with E-state index >= 15 is 0 Å². The zero-order chi connectivity index (χ0) is 42.5. The van der Waals surface area contributed by atoms with Crippen molar-refractivity contribution >= 4 is 56.6 Å². The zero-order valence-electron chi connectivity index (χ0n) is 34.6. The molecule has 1 aliphatic heterocycles. The number of carbonyl (C=O) groups excluding carboxylic acids is 2. The number of nitrogens with one attached hydrogen (secondary N) is 3. The molecule has 6 rings (SSSR count). The van der Waals surface area contributed by atoms with E-state index in [-0.39, 0.29) is 22.4 Å². The van der Waals surface area contributed by atoms with Crippen LogP contribution >= 0.6 is 23.4 Å². The summed E-state index contributed by atoms with van der Waals surface area (Å²) in [6, 6.07) is 38.8. The molecule has 5 aromatic rings. The van der Waals surface area contributed by atoms with Crippen molar-refractivity contribution in [3.05, 3.63) is 143 Å². The van der Waals surface area contributed by atoms with Crippen molar-refractivity contribution in [1.29, 1.82) is 0 Å². The lowest BCUT2D eigenvalue weighted by atomic mass is 9.99. The average molecular weight is 868 g/mol. The lowest BCUT2D eigenvalue weighted by Gasteiger charge is -2.36. The molecular formula is C47H55ClN6O4S2. The number of nitrogens with zero attached hydrogens (tertiary/aromatic N) is 3. The number of hydrogen-bond donors (Lipinski definition) is 3. The van der Waals surface area contributed by atoms with Crippen LogP contribution in [-0.2, 0) is 21.4 Å². The molecule has 13 heteroatoms. The van der Waals surface area contributed by atoms with Gasteiger partial charge in [0, 0.05) is 77.9 Å². The normalized spacial score (nSPS) is 13.8. The number of aryl methyl sites for hydroxylation is 1. The minimum Gasteiger partial charge on any atom is -0.381 e. The van der Waals surface area contributed by atoms with Gasteiger partial charge in [-0.25, -0.2) is 13.1 Å². The molecule has 10 nitrogen and oxygen atoms in total. The summed E-state index contributed by atoms with van der Waals surface area (Å²) in [6.07, 6.45) is 2.63. The molecule has 3 N–H and O–H groups in total. The van der Waals surface area contributed by atoms with Crippen molar-refractivity contribution in [2.24, 2.45) is 0 Å². The van der Waals surface area contributed by atoms with Gasteiger partial charge in [-0.1, -0.05) is 66.2 Å². The summed E-state index contributed by atoms with van der Waals surface area (Å²) in [4.78, 5) is 33.1. The zero-order valence-corrected chi connectivity index (χ0v) is 37.0. The lowest BCUT2D eigenvalue weighted by Crippen LogP contribution is -2.46. The number of piperazine rings is 1. The number of carbonyl (C=O) groups is 2. The van der Waals surface area contributed by atoms with E-state index in [2.05, 4.69) is 73.7 Å². The largest absolute Gasteiger partial charge is 0.381 e. The number of amides is 2. The highest BCUT2D eigenvalue weighted by atomic mass is 35.5. The molecule has 316 valence electrons. The lowest BCUT2D eigenvalue weighted by molar-refractivity contribution is -0.121. The fourth-order valence-corrected chi connectivity index (χ4v) is 9.40. The highest BCUT2D eigenvalue weighted by Gasteiger charge is 2.22. The Kier molecular flexibility index (Phi) is 16.1. The first kappa shape index (κ1) is 44.7. The number of likely N-dealkylation sites (N-methyl/N-ethyl adjacent to an activating group) is 1. The van der Waals surface area contributed by atoms with Crippen molar-refractivity contribution < 1.29 is 18.0 Å². The van der Waals surface area contributed by atoms with E-state index in [4.69, 9.17) is 11.6 Å². The second-order valence-corrected chi connectivity index (χ2v) is 18.6. The molecular weight excluding hydrogens is 812 g/mol. The third kappa shape index (κ3) is 13.1. The number of sulfonamides is 1. The Morgan fingerprint density at radius 1 is 0.833 bits per heavy atom. The molecule has 0 spiro atoms. The van der Waals surface area contributed by atoms with Crippen molar-refractivity contribution in [3.63, 3.8) is 0 Å². The molecule has 0 aromatic heterocycles. The first-order valence-corrected chi connectivity index (χ1v) is 23.2. The van der Waals surface area contributed by atoms with Crippen LogP contribution in [0.15, 0.2) is 131 Å². The van der Waals surface area contributed by atoms with Gasteiger partial charge in [-0.15, -0.1) is 11.8 Å². The monoisotopic (exact) mass is 866 g/mol. The Hall–Kier alpha value is -4.85. The molecule has 0 unspecified atom stereocenters. The smallest absolute Gasteiger partial charge is 0.264 e. The summed E-state index contributed by atoms with van der Waals surface area (Å²) < 4.78 is 29.2. The molecule has 0 radical (unpaired) electrons. The predicted octanol–water partition coefficient (Wildman–Crippen LogP) is 8.18. The van der Waals surface area contributed by atoms with E-state index in [9.17, 15) is 18.0 Å². The number of hydrogen-bond acceptors (Lipinski definition) is 9. The third-order valence-corrected chi connectivity index (χ3v) is 13.2. The Balaban J connectivity index is 1.01. The fraction of sp³-hybridized carbons (Fsp3) is 0.319. The van der Waals surface area contributed by atoms with Gasteiger partial charge in [0.25, 0.3) is 15.9 Å². The maximum Gasteiger partial charge on any atom is 0.264 e. The van der Waals surface area contributed by atoms with E-state index in [1.54, 1.807) is 36.0 Å². The third-order valence-electron chi connectivity index (χ3n) is 10.5. The van der Waals surface area contributed by atoms with Gasteiger partial charge in [0.2, 0.25) is 5.91 Å². The van der Waals surface area contributed by atoms with Crippen LogP contribution in [-0.4, -0.2) is 95.2 Å². The summed E-state index contributed by atoms with van der Waals surface area (Å²) in [5.41, 5.74) is 6.47. The topological polar surface area (TPSA) is 114 Å². The van der Waals surface area contributed by atoms with E-state index < -0.39 is 15.9 Å². The van der Waals surface area contributed by atoms with Crippen LogP contribution in [0.1, 0.15) is 40.7 Å². The molecule has 0 bridgehead atoms. The van der Waals surface area contributed by atoms with Gasteiger partial charge in [-0.05, 0) is 129 Å². The SMILES string of the molecule is Cc1cc(S(=O)(=O)NC(=O)c2ccc(N3CCN(Cc4ccccc4-c4ccc(Cl)cc4)CC3)cc2)ccc1N[C@H](CCCCNC(=O)CN(C)C)CSc1ccccc1. The first-order valence-electron chi connectivity index (χ1n) is 20.4. The van der Waals surface area contributed by atoms with Crippen molar-refractivity contribution in [3.8, 4) is 11.1 Å². The van der Waals surface area contributed by atoms with Crippen molar-refractivity contribution in [2.45, 2.75) is 48.6 Å². The molecule has 1 saturated heterocycles. The summed E-state index contributed by atoms with van der Waals surface area (Å²) in [5.74, 6) is 0.142. The van der Waals surface area contributed by atoms with Gasteiger partial charge in [-0.3, -0.25) is 14.5 Å². The highest BCUT2D eigenvalue weighted by Crippen LogP contribution is 2.28. The standard InChI is InChI=1S/C47H55ClN6O4S2/c1-35-31-43(24-25-45(35)50-40(34-59-42-13-5-4-6-14-42)12-9-10-26-49-46(55)33-52(2)3)60(57,58)51-47(56)37-18-22-41(23-19-37)54-29-27-53(28-30-54)32-38-11-7-8-15-44(38)36-16-20-39(48)21-17-36/h4-8,11,13-25,31,40,50H,9-10,12,26-30,32-34H2,1-3H3,(H,49,55)(H,51,56)/t40-/m1/s1. The maximum atomic E-state index is 13.5. The molecule has 1 atom stereocenters. The Labute approximate surface area is 364 Å². The fourth-order valence-electron chi connectivity index (χ4n) is 7.22. The average Bonchev–Trinajstić information content (AvgIpc) is 3.24. The summed E-state index contributed by atoms with van der Waals surface area (Å²) >= 11 is 7.89. The number of unbranched alkanes of at least 4 members (excludes halogenated alkanes) is 1. The predicted molar refractivity (Wildman–Crippen MR) is 247 cm³/mol. The number of thioether (sulfide) groups is 1. The van der Waals surface area contributed by atoms with Gasteiger partial charge >= 0.3 is 0 Å². The molecule has 0 aliphatic carbocycles. The highest BCUT2D eigenvalue weighted by molar-refractivity contribution is 7.99. The van der Waals surface area contributed by atoms with Gasteiger partial charge in [0.15, 0.2) is 0 Å². The maximum absolute atomic E-state index is 13.5. The van der Waals surface area contributed by atoms with E-state index in [0.29, 0.717) is 13.1 Å². The Bertz CT molecular complexity index is 2290. The van der Waals surface area contributed by atoms with Gasteiger partial charge < -0.3 is 20.4 Å². The Morgan fingerprint density at radius 3 is 2.23 bits per heavy atom. The molecule has 2 amide bonds.